The summed E-state index contributed by atoms with van der Waals surface area (Å²) >= 11 is 0. The van der Waals surface area contributed by atoms with Crippen molar-refractivity contribution in [2.24, 2.45) is 5.92 Å². The smallest absolute Gasteiger partial charge is 0.327 e. The minimum atomic E-state index is -4.97. The van der Waals surface area contributed by atoms with E-state index in [0.29, 0.717) is 0 Å². The highest BCUT2D eigenvalue weighted by atomic mass is 32.2. The van der Waals surface area contributed by atoms with Crippen LogP contribution in [-0.4, -0.2) is 57.5 Å². The first-order valence-corrected chi connectivity index (χ1v) is 6.38. The van der Waals surface area contributed by atoms with E-state index in [1.165, 1.54) is 0 Å². The molecule has 0 aliphatic carbocycles. The van der Waals surface area contributed by atoms with E-state index in [-0.39, 0.29) is 0 Å². The van der Waals surface area contributed by atoms with Gasteiger partial charge in [0.15, 0.2) is 5.25 Å². The Morgan fingerprint density at radius 2 is 1.47 bits per heavy atom. The van der Waals surface area contributed by atoms with Crippen LogP contribution in [-0.2, 0) is 38.7 Å². The number of methoxy groups -OCH3 is 3. The normalized spacial score (nSPS) is 14.1. The molecule has 110 valence electrons. The van der Waals surface area contributed by atoms with Crippen LogP contribution in [0.3, 0.4) is 0 Å². The maximum Gasteiger partial charge on any atom is 0.327 e. The van der Waals surface area contributed by atoms with Crippen molar-refractivity contribution in [3.63, 3.8) is 0 Å². The average Bonchev–Trinajstić information content (AvgIpc) is 2.34. The van der Waals surface area contributed by atoms with E-state index in [4.69, 9.17) is 4.55 Å². The van der Waals surface area contributed by atoms with Crippen LogP contribution in [0.2, 0.25) is 0 Å². The standard InChI is InChI=1S/C9H14O9S/c1-16-6(10)4-5(8(11)17-2)7(9(12)18-3)19(13,14)15/h5,7H,4H2,1-3H3,(H,13,14,15). The first kappa shape index (κ1) is 17.3. The van der Waals surface area contributed by atoms with Crippen LogP contribution in [0.25, 0.3) is 0 Å². The summed E-state index contributed by atoms with van der Waals surface area (Å²) in [5.41, 5.74) is 0. The Hall–Kier alpha value is -1.68. The van der Waals surface area contributed by atoms with Crippen LogP contribution in [0.1, 0.15) is 6.42 Å². The molecule has 1 N–H and O–H groups in total. The third-order valence-corrected chi connectivity index (χ3v) is 3.40. The van der Waals surface area contributed by atoms with E-state index >= 15 is 0 Å². The summed E-state index contributed by atoms with van der Waals surface area (Å²) in [7, 11) is -2.15. The number of hydrogen-bond acceptors (Lipinski definition) is 8. The SMILES string of the molecule is COC(=O)CC(C(=O)OC)C(C(=O)OC)S(=O)(=O)O. The Kier molecular flexibility index (Phi) is 6.42. The van der Waals surface area contributed by atoms with Crippen molar-refractivity contribution in [3.05, 3.63) is 0 Å². The highest BCUT2D eigenvalue weighted by molar-refractivity contribution is 7.87. The molecule has 0 spiro atoms. The summed E-state index contributed by atoms with van der Waals surface area (Å²) < 4.78 is 44.1. The lowest BCUT2D eigenvalue weighted by atomic mass is 10.0. The summed E-state index contributed by atoms with van der Waals surface area (Å²) in [5.74, 6) is -5.27. The fourth-order valence-electron chi connectivity index (χ4n) is 1.34. The summed E-state index contributed by atoms with van der Waals surface area (Å²) in [6.07, 6.45) is -0.761. The molecule has 0 aromatic heterocycles. The lowest BCUT2D eigenvalue weighted by Crippen LogP contribution is -2.43. The number of carbonyl (C=O) groups is 3. The van der Waals surface area contributed by atoms with Crippen LogP contribution in [0.15, 0.2) is 0 Å². The molecular weight excluding hydrogens is 284 g/mol. The molecule has 0 rings (SSSR count). The fourth-order valence-corrected chi connectivity index (χ4v) is 2.30. The molecule has 9 nitrogen and oxygen atoms in total. The zero-order valence-corrected chi connectivity index (χ0v) is 11.3. The molecule has 0 aromatic carbocycles. The van der Waals surface area contributed by atoms with Gasteiger partial charge in [-0.2, -0.15) is 8.42 Å². The van der Waals surface area contributed by atoms with E-state index in [1.807, 2.05) is 0 Å². The molecule has 0 heterocycles. The Balaban J connectivity index is 5.56. The van der Waals surface area contributed by atoms with Crippen LogP contribution in [0, 0.1) is 5.92 Å². The maximum atomic E-state index is 11.5. The molecule has 0 radical (unpaired) electrons. The zero-order chi connectivity index (χ0) is 15.2. The molecule has 0 aliphatic heterocycles. The van der Waals surface area contributed by atoms with Gasteiger partial charge < -0.3 is 14.2 Å². The van der Waals surface area contributed by atoms with Gasteiger partial charge in [0.1, 0.15) is 0 Å². The van der Waals surface area contributed by atoms with E-state index in [1.54, 1.807) is 0 Å². The van der Waals surface area contributed by atoms with Gasteiger partial charge in [0, 0.05) is 0 Å². The van der Waals surface area contributed by atoms with Crippen molar-refractivity contribution >= 4 is 28.0 Å². The summed E-state index contributed by atoms with van der Waals surface area (Å²) in [5, 5.41) is -2.26. The van der Waals surface area contributed by atoms with Gasteiger partial charge >= 0.3 is 17.9 Å². The Morgan fingerprint density at radius 1 is 1.00 bits per heavy atom. The largest absolute Gasteiger partial charge is 0.469 e. The molecule has 0 bridgehead atoms. The predicted octanol–water partition coefficient (Wildman–Crippen LogP) is -1.23. The topological polar surface area (TPSA) is 133 Å². The number of rotatable bonds is 6. The Morgan fingerprint density at radius 3 is 1.79 bits per heavy atom. The van der Waals surface area contributed by atoms with Crippen molar-refractivity contribution in [1.82, 2.24) is 0 Å². The number of ether oxygens (including phenoxy) is 3. The highest BCUT2D eigenvalue weighted by Crippen LogP contribution is 2.20. The molecule has 0 saturated carbocycles. The second-order valence-corrected chi connectivity index (χ2v) is 4.91. The second-order valence-electron chi connectivity index (χ2n) is 3.37. The highest BCUT2D eigenvalue weighted by Gasteiger charge is 2.45. The molecule has 19 heavy (non-hydrogen) atoms. The van der Waals surface area contributed by atoms with Gasteiger partial charge in [-0.1, -0.05) is 0 Å². The minimum absolute atomic E-state index is 0.761. The number of hydrogen-bond donors (Lipinski definition) is 1. The predicted molar refractivity (Wildman–Crippen MR) is 59.5 cm³/mol. The average molecular weight is 298 g/mol. The van der Waals surface area contributed by atoms with Crippen LogP contribution in [0.5, 0.6) is 0 Å². The van der Waals surface area contributed by atoms with Gasteiger partial charge in [0.05, 0.1) is 33.7 Å². The third-order valence-electron chi connectivity index (χ3n) is 2.24. The number of carbonyl (C=O) groups excluding carboxylic acids is 3. The third kappa shape index (κ3) is 4.83. The Labute approximate surface area is 109 Å². The summed E-state index contributed by atoms with van der Waals surface area (Å²) in [6, 6.07) is 0. The van der Waals surface area contributed by atoms with Crippen LogP contribution in [0.4, 0.5) is 0 Å². The van der Waals surface area contributed by atoms with E-state index < -0.39 is 45.6 Å². The van der Waals surface area contributed by atoms with Gasteiger partial charge in [-0.3, -0.25) is 18.9 Å². The van der Waals surface area contributed by atoms with E-state index in [0.717, 1.165) is 21.3 Å². The second kappa shape index (κ2) is 7.04. The van der Waals surface area contributed by atoms with Gasteiger partial charge in [-0.15, -0.1) is 0 Å². The minimum Gasteiger partial charge on any atom is -0.469 e. The van der Waals surface area contributed by atoms with Crippen molar-refractivity contribution < 1.29 is 41.6 Å². The summed E-state index contributed by atoms with van der Waals surface area (Å²) in [6.45, 7) is 0. The molecule has 10 heteroatoms. The van der Waals surface area contributed by atoms with Crippen molar-refractivity contribution in [1.29, 1.82) is 0 Å². The maximum absolute atomic E-state index is 11.5. The summed E-state index contributed by atoms with van der Waals surface area (Å²) in [4.78, 5) is 34.0. The quantitative estimate of drug-likeness (QED) is 0.363. The van der Waals surface area contributed by atoms with Crippen molar-refractivity contribution in [2.75, 3.05) is 21.3 Å². The molecular formula is C9H14O9S. The molecule has 0 aliphatic rings. The Bertz CT molecular complexity index is 452. The molecule has 2 atom stereocenters. The first-order chi connectivity index (χ1) is 8.68. The van der Waals surface area contributed by atoms with E-state index in [2.05, 4.69) is 14.2 Å². The van der Waals surface area contributed by atoms with Gasteiger partial charge in [-0.25, -0.2) is 0 Å². The first-order valence-electron chi connectivity index (χ1n) is 4.87. The molecule has 0 fully saturated rings. The van der Waals surface area contributed by atoms with Gasteiger partial charge in [-0.05, 0) is 0 Å². The zero-order valence-electron chi connectivity index (χ0n) is 10.5. The van der Waals surface area contributed by atoms with E-state index in [9.17, 15) is 22.8 Å². The van der Waals surface area contributed by atoms with Gasteiger partial charge in [0.2, 0.25) is 0 Å². The van der Waals surface area contributed by atoms with Crippen LogP contribution >= 0.6 is 0 Å². The van der Waals surface area contributed by atoms with Crippen molar-refractivity contribution in [2.45, 2.75) is 11.7 Å². The molecule has 0 saturated heterocycles. The molecule has 0 aromatic rings. The lowest BCUT2D eigenvalue weighted by Gasteiger charge is -2.19. The van der Waals surface area contributed by atoms with Crippen LogP contribution < -0.4 is 0 Å². The fraction of sp³-hybridized carbons (Fsp3) is 0.667. The monoisotopic (exact) mass is 298 g/mol. The number of esters is 3. The van der Waals surface area contributed by atoms with Crippen molar-refractivity contribution in [3.8, 4) is 0 Å². The molecule has 2 unspecified atom stereocenters. The lowest BCUT2D eigenvalue weighted by molar-refractivity contribution is -0.155. The van der Waals surface area contributed by atoms with Gasteiger partial charge in [0.25, 0.3) is 10.1 Å². The molecule has 0 amide bonds.